The van der Waals surface area contributed by atoms with Crippen molar-refractivity contribution in [3.8, 4) is 0 Å². The summed E-state index contributed by atoms with van der Waals surface area (Å²) in [5.41, 5.74) is 2.21. The molecule has 1 heterocycles. The number of carbonyl (C=O) groups is 3. The van der Waals surface area contributed by atoms with Gasteiger partial charge in [0.15, 0.2) is 0 Å². The highest BCUT2D eigenvalue weighted by molar-refractivity contribution is 6.35. The van der Waals surface area contributed by atoms with Crippen molar-refractivity contribution in [3.63, 3.8) is 0 Å². The predicted octanol–water partition coefficient (Wildman–Crippen LogP) is 1.76. The van der Waals surface area contributed by atoms with E-state index in [-0.39, 0.29) is 12.5 Å². The molecular weight excluding hydrogens is 368 g/mol. The lowest BCUT2D eigenvalue weighted by atomic mass is 9.94. The summed E-state index contributed by atoms with van der Waals surface area (Å²) in [4.78, 5) is 41.4. The van der Waals surface area contributed by atoms with Crippen LogP contribution in [0.25, 0.3) is 0 Å². The van der Waals surface area contributed by atoms with Gasteiger partial charge in [0.25, 0.3) is 0 Å². The zero-order chi connectivity index (χ0) is 20.8. The molecule has 158 valence electrons. The third-order valence-electron chi connectivity index (χ3n) is 6.07. The van der Waals surface area contributed by atoms with Gasteiger partial charge in [0.1, 0.15) is 6.54 Å². The van der Waals surface area contributed by atoms with Crippen molar-refractivity contribution in [3.05, 3.63) is 29.8 Å². The minimum atomic E-state index is -0.594. The molecular formula is C22H32N4O3. The number of anilines is 1. The maximum Gasteiger partial charge on any atom is 0.312 e. The summed E-state index contributed by atoms with van der Waals surface area (Å²) in [5.74, 6) is -1.37. The first-order chi connectivity index (χ1) is 14.0. The second kappa shape index (κ2) is 9.76. The molecule has 29 heavy (non-hydrogen) atoms. The molecule has 0 radical (unpaired) electrons. The Labute approximate surface area is 173 Å². The SMILES string of the molecule is CCN1CCN(CC(=O)NCc2ccc(N(C)C3CCCCC3)cc2)C(=O)C1=O. The van der Waals surface area contributed by atoms with Gasteiger partial charge in [-0.3, -0.25) is 14.4 Å². The van der Waals surface area contributed by atoms with Crippen molar-refractivity contribution in [1.29, 1.82) is 0 Å². The van der Waals surface area contributed by atoms with Crippen molar-refractivity contribution in [2.45, 2.75) is 51.6 Å². The second-order valence-corrected chi connectivity index (χ2v) is 7.96. The van der Waals surface area contributed by atoms with Crippen LogP contribution < -0.4 is 10.2 Å². The highest BCUT2D eigenvalue weighted by atomic mass is 16.2. The van der Waals surface area contributed by atoms with Gasteiger partial charge in [-0.15, -0.1) is 0 Å². The van der Waals surface area contributed by atoms with Gasteiger partial charge in [-0.1, -0.05) is 31.4 Å². The van der Waals surface area contributed by atoms with Gasteiger partial charge in [0.2, 0.25) is 5.91 Å². The van der Waals surface area contributed by atoms with Crippen molar-refractivity contribution < 1.29 is 14.4 Å². The Morgan fingerprint density at radius 3 is 2.31 bits per heavy atom. The molecule has 2 fully saturated rings. The molecule has 3 rings (SSSR count). The molecule has 1 aliphatic heterocycles. The van der Waals surface area contributed by atoms with Crippen molar-refractivity contribution in [2.24, 2.45) is 0 Å². The first-order valence-corrected chi connectivity index (χ1v) is 10.7. The molecule has 1 N–H and O–H groups in total. The van der Waals surface area contributed by atoms with Crippen LogP contribution in [0.3, 0.4) is 0 Å². The quantitative estimate of drug-likeness (QED) is 0.708. The largest absolute Gasteiger partial charge is 0.372 e. The van der Waals surface area contributed by atoms with E-state index in [4.69, 9.17) is 0 Å². The van der Waals surface area contributed by atoms with E-state index in [9.17, 15) is 14.4 Å². The first-order valence-electron chi connectivity index (χ1n) is 10.7. The molecule has 7 nitrogen and oxygen atoms in total. The van der Waals surface area contributed by atoms with Gasteiger partial charge in [-0.05, 0) is 37.5 Å². The first kappa shape index (κ1) is 21.1. The monoisotopic (exact) mass is 400 g/mol. The molecule has 2 aliphatic rings. The van der Waals surface area contributed by atoms with E-state index in [1.165, 1.54) is 47.6 Å². The smallest absolute Gasteiger partial charge is 0.312 e. The number of benzene rings is 1. The standard InChI is InChI=1S/C22H32N4O3/c1-3-25-13-14-26(22(29)21(25)28)16-20(27)23-15-17-9-11-19(12-10-17)24(2)18-7-5-4-6-8-18/h9-12,18H,3-8,13-16H2,1-2H3,(H,23,27). The van der Waals surface area contributed by atoms with Gasteiger partial charge in [-0.2, -0.15) is 0 Å². The van der Waals surface area contributed by atoms with Crippen LogP contribution in [0.15, 0.2) is 24.3 Å². The highest BCUT2D eigenvalue weighted by Crippen LogP contribution is 2.26. The molecule has 1 saturated heterocycles. The summed E-state index contributed by atoms with van der Waals surface area (Å²) in [6.07, 6.45) is 6.46. The predicted molar refractivity (Wildman–Crippen MR) is 112 cm³/mol. The fourth-order valence-corrected chi connectivity index (χ4v) is 4.13. The summed E-state index contributed by atoms with van der Waals surface area (Å²) in [5, 5.41) is 2.85. The van der Waals surface area contributed by atoms with Crippen LogP contribution in [-0.4, -0.2) is 66.8 Å². The Morgan fingerprint density at radius 2 is 1.66 bits per heavy atom. The molecule has 0 bridgehead atoms. The van der Waals surface area contributed by atoms with Gasteiger partial charge in [-0.25, -0.2) is 0 Å². The Bertz CT molecular complexity index is 728. The molecule has 1 aromatic carbocycles. The van der Waals surface area contributed by atoms with Crippen LogP contribution in [0.4, 0.5) is 5.69 Å². The van der Waals surface area contributed by atoms with E-state index < -0.39 is 11.8 Å². The van der Waals surface area contributed by atoms with E-state index in [2.05, 4.69) is 29.4 Å². The van der Waals surface area contributed by atoms with Crippen molar-refractivity contribution >= 4 is 23.4 Å². The molecule has 7 heteroatoms. The lowest BCUT2D eigenvalue weighted by Gasteiger charge is -2.33. The average molecular weight is 401 g/mol. The van der Waals surface area contributed by atoms with Gasteiger partial charge >= 0.3 is 11.8 Å². The van der Waals surface area contributed by atoms with E-state index in [1.807, 2.05) is 19.1 Å². The van der Waals surface area contributed by atoms with Crippen molar-refractivity contribution in [2.75, 3.05) is 38.1 Å². The Balaban J connectivity index is 1.46. The minimum absolute atomic E-state index is 0.0787. The van der Waals surface area contributed by atoms with Gasteiger partial charge < -0.3 is 20.0 Å². The minimum Gasteiger partial charge on any atom is -0.372 e. The van der Waals surface area contributed by atoms with Crippen LogP contribution in [0.1, 0.15) is 44.6 Å². The summed E-state index contributed by atoms with van der Waals surface area (Å²) < 4.78 is 0. The number of nitrogens with zero attached hydrogens (tertiary/aromatic N) is 3. The zero-order valence-electron chi connectivity index (χ0n) is 17.5. The van der Waals surface area contributed by atoms with Crippen LogP contribution >= 0.6 is 0 Å². The molecule has 0 atom stereocenters. The van der Waals surface area contributed by atoms with Gasteiger partial charge in [0.05, 0.1) is 0 Å². The molecule has 1 aromatic rings. The summed E-state index contributed by atoms with van der Waals surface area (Å²) >= 11 is 0. The Kier molecular flexibility index (Phi) is 7.12. The molecule has 0 unspecified atom stereocenters. The van der Waals surface area contributed by atoms with E-state index in [0.717, 1.165) is 5.56 Å². The van der Waals surface area contributed by atoms with E-state index in [1.54, 1.807) is 0 Å². The Hall–Kier alpha value is -2.57. The van der Waals surface area contributed by atoms with Crippen molar-refractivity contribution in [1.82, 2.24) is 15.1 Å². The fraction of sp³-hybridized carbons (Fsp3) is 0.591. The normalized spacial score (nSPS) is 18.1. The second-order valence-electron chi connectivity index (χ2n) is 7.96. The third-order valence-corrected chi connectivity index (χ3v) is 6.07. The van der Waals surface area contributed by atoms with Crippen LogP contribution in [-0.2, 0) is 20.9 Å². The number of amides is 3. The number of rotatable bonds is 7. The summed E-state index contributed by atoms with van der Waals surface area (Å²) in [7, 11) is 2.16. The number of carbonyl (C=O) groups excluding carboxylic acids is 3. The maximum atomic E-state index is 12.2. The number of hydrogen-bond acceptors (Lipinski definition) is 4. The Morgan fingerprint density at radius 1 is 1.03 bits per heavy atom. The summed E-state index contributed by atoms with van der Waals surface area (Å²) in [6.45, 7) is 3.55. The van der Waals surface area contributed by atoms with E-state index >= 15 is 0 Å². The van der Waals surface area contributed by atoms with Crippen LogP contribution in [0, 0.1) is 0 Å². The molecule has 0 aromatic heterocycles. The molecule has 1 aliphatic carbocycles. The summed E-state index contributed by atoms with van der Waals surface area (Å²) in [6, 6.07) is 8.88. The molecule has 3 amide bonds. The van der Waals surface area contributed by atoms with Gasteiger partial charge in [0, 0.05) is 45.0 Å². The lowest BCUT2D eigenvalue weighted by molar-refractivity contribution is -0.156. The van der Waals surface area contributed by atoms with Crippen LogP contribution in [0.5, 0.6) is 0 Å². The van der Waals surface area contributed by atoms with Crippen LogP contribution in [0.2, 0.25) is 0 Å². The third kappa shape index (κ3) is 5.28. The number of likely N-dealkylation sites (N-methyl/N-ethyl adjacent to an activating group) is 1. The number of hydrogen-bond donors (Lipinski definition) is 1. The highest BCUT2D eigenvalue weighted by Gasteiger charge is 2.32. The lowest BCUT2D eigenvalue weighted by Crippen LogP contribution is -2.56. The molecule has 0 spiro atoms. The molecule has 1 saturated carbocycles. The topological polar surface area (TPSA) is 73.0 Å². The average Bonchev–Trinajstić information content (AvgIpc) is 2.76. The number of nitrogens with one attached hydrogen (secondary N) is 1. The maximum absolute atomic E-state index is 12.2. The number of piperazine rings is 1. The fourth-order valence-electron chi connectivity index (χ4n) is 4.13. The zero-order valence-corrected chi connectivity index (χ0v) is 17.5. The van der Waals surface area contributed by atoms with E-state index in [0.29, 0.717) is 32.2 Å².